The fourth-order valence-corrected chi connectivity index (χ4v) is 5.42. The smallest absolute Gasteiger partial charge is 0.257 e. The number of carbonyl (C=O) groups is 2. The highest BCUT2D eigenvalue weighted by molar-refractivity contribution is 7.22. The quantitative estimate of drug-likeness (QED) is 0.491. The lowest BCUT2D eigenvalue weighted by Crippen LogP contribution is -2.52. The topological polar surface area (TPSA) is 74.3 Å². The monoisotopic (exact) mass is 414 g/mol. The van der Waals surface area contributed by atoms with E-state index in [1.54, 1.807) is 0 Å². The molecule has 7 heteroatoms. The summed E-state index contributed by atoms with van der Waals surface area (Å²) in [7, 11) is 0. The van der Waals surface area contributed by atoms with Crippen molar-refractivity contribution in [2.45, 2.75) is 18.6 Å². The van der Waals surface area contributed by atoms with Gasteiger partial charge in [-0.15, -0.1) is 0 Å². The van der Waals surface area contributed by atoms with Gasteiger partial charge < -0.3 is 0 Å². The minimum atomic E-state index is -0.733. The Balaban J connectivity index is 1.33. The van der Waals surface area contributed by atoms with Crippen molar-refractivity contribution in [3.63, 3.8) is 0 Å². The van der Waals surface area contributed by atoms with Gasteiger partial charge in [0.05, 0.1) is 16.4 Å². The molecule has 2 saturated heterocycles. The molecule has 0 saturated carbocycles. The third kappa shape index (κ3) is 2.67. The van der Waals surface area contributed by atoms with E-state index in [-0.39, 0.29) is 24.2 Å². The van der Waals surface area contributed by atoms with Crippen LogP contribution < -0.4 is 15.8 Å². The summed E-state index contributed by atoms with van der Waals surface area (Å²) in [6, 6.07) is 21.9. The number of nitrogens with zero attached hydrogens (tertiary/aromatic N) is 2. The molecule has 6 rings (SSSR count). The van der Waals surface area contributed by atoms with Crippen LogP contribution in [0.2, 0.25) is 0 Å². The van der Waals surface area contributed by atoms with Crippen molar-refractivity contribution in [1.29, 1.82) is 0 Å². The molecular weight excluding hydrogens is 396 g/mol. The number of hydrogen-bond acceptors (Lipinski definition) is 6. The Bertz CT molecular complexity index is 1280. The molecule has 0 spiro atoms. The van der Waals surface area contributed by atoms with Crippen molar-refractivity contribution in [2.24, 2.45) is 5.92 Å². The Hall–Kier alpha value is -3.13. The Morgan fingerprint density at radius 3 is 2.67 bits per heavy atom. The van der Waals surface area contributed by atoms with Gasteiger partial charge in [0.2, 0.25) is 5.13 Å². The molecule has 3 unspecified atom stereocenters. The maximum atomic E-state index is 13.1. The fourth-order valence-electron chi connectivity index (χ4n) is 4.48. The molecule has 2 N–H and O–H groups in total. The van der Waals surface area contributed by atoms with Crippen molar-refractivity contribution < 1.29 is 9.59 Å². The molecule has 30 heavy (non-hydrogen) atoms. The molecule has 0 bridgehead atoms. The van der Waals surface area contributed by atoms with Crippen molar-refractivity contribution >= 4 is 49.1 Å². The van der Waals surface area contributed by atoms with E-state index in [4.69, 9.17) is 0 Å². The number of para-hydroxylation sites is 1. The minimum absolute atomic E-state index is 0.0437. The molecule has 148 valence electrons. The lowest BCUT2D eigenvalue weighted by atomic mass is 9.86. The first-order valence-electron chi connectivity index (χ1n) is 9.91. The minimum Gasteiger partial charge on any atom is -0.299 e. The number of ketones is 1. The van der Waals surface area contributed by atoms with Gasteiger partial charge in [-0.25, -0.2) is 15.4 Å². The summed E-state index contributed by atoms with van der Waals surface area (Å²) in [5.41, 5.74) is 5.12. The number of anilines is 1. The summed E-state index contributed by atoms with van der Waals surface area (Å²) in [5.74, 6) is -1.02. The van der Waals surface area contributed by atoms with Crippen LogP contribution in [0.25, 0.3) is 21.0 Å². The molecule has 3 aromatic carbocycles. The standard InChI is InChI=1S/C23H18N4O2S/c28-18-12-17(15-9-5-7-13-6-1-2-8-14(13)15)24-21-20(18)22(29)27(26-21)23-25-16-10-3-4-11-19(16)30-23/h1-11,17,20-21,24,26H,12H2. The van der Waals surface area contributed by atoms with Gasteiger partial charge in [-0.1, -0.05) is 65.9 Å². The number of Topliss-reactive ketones (excluding diaryl/α,β-unsaturated/α-hetero) is 1. The van der Waals surface area contributed by atoms with Crippen LogP contribution in [0.4, 0.5) is 5.13 Å². The van der Waals surface area contributed by atoms with E-state index >= 15 is 0 Å². The molecule has 2 aliphatic heterocycles. The lowest BCUT2D eigenvalue weighted by Gasteiger charge is -2.31. The largest absolute Gasteiger partial charge is 0.299 e. The first-order valence-corrected chi connectivity index (χ1v) is 10.7. The number of fused-ring (bicyclic) bond motifs is 3. The van der Waals surface area contributed by atoms with Crippen molar-refractivity contribution in [2.75, 3.05) is 5.01 Å². The van der Waals surface area contributed by atoms with E-state index in [2.05, 4.69) is 40.0 Å². The van der Waals surface area contributed by atoms with Crippen LogP contribution in [0.15, 0.2) is 66.7 Å². The number of hydrazine groups is 1. The molecule has 3 atom stereocenters. The number of carbonyl (C=O) groups excluding carboxylic acids is 2. The van der Waals surface area contributed by atoms with Crippen LogP contribution in [0.3, 0.4) is 0 Å². The second-order valence-electron chi connectivity index (χ2n) is 7.68. The lowest BCUT2D eigenvalue weighted by molar-refractivity contribution is -0.133. The number of nitrogens with one attached hydrogen (secondary N) is 2. The maximum Gasteiger partial charge on any atom is 0.257 e. The normalized spacial score (nSPS) is 24.0. The number of thiazole rings is 1. The highest BCUT2D eigenvalue weighted by Crippen LogP contribution is 2.36. The predicted octanol–water partition coefficient (Wildman–Crippen LogP) is 3.55. The fraction of sp³-hybridized carbons (Fsp3) is 0.174. The second kappa shape index (κ2) is 6.70. The highest BCUT2D eigenvalue weighted by atomic mass is 32.1. The van der Waals surface area contributed by atoms with Crippen molar-refractivity contribution in [3.8, 4) is 0 Å². The number of aromatic nitrogens is 1. The van der Waals surface area contributed by atoms with Crippen LogP contribution in [0, 0.1) is 5.92 Å². The highest BCUT2D eigenvalue weighted by Gasteiger charge is 2.50. The molecule has 3 heterocycles. The van der Waals surface area contributed by atoms with Gasteiger partial charge in [-0.2, -0.15) is 0 Å². The summed E-state index contributed by atoms with van der Waals surface area (Å²) in [6.45, 7) is 0. The summed E-state index contributed by atoms with van der Waals surface area (Å²) in [6.07, 6.45) is -0.161. The molecule has 0 aliphatic carbocycles. The van der Waals surface area contributed by atoms with E-state index in [9.17, 15) is 9.59 Å². The van der Waals surface area contributed by atoms with Gasteiger partial charge in [-0.3, -0.25) is 14.9 Å². The van der Waals surface area contributed by atoms with Gasteiger partial charge in [0.25, 0.3) is 5.91 Å². The zero-order valence-corrected chi connectivity index (χ0v) is 16.7. The van der Waals surface area contributed by atoms with Gasteiger partial charge in [0.15, 0.2) is 0 Å². The Labute approximate surface area is 176 Å². The van der Waals surface area contributed by atoms with Gasteiger partial charge >= 0.3 is 0 Å². The van der Waals surface area contributed by atoms with Gasteiger partial charge in [0.1, 0.15) is 11.7 Å². The third-order valence-corrected chi connectivity index (χ3v) is 6.92. The molecule has 1 amide bonds. The van der Waals surface area contributed by atoms with Crippen molar-refractivity contribution in [1.82, 2.24) is 15.7 Å². The second-order valence-corrected chi connectivity index (χ2v) is 8.69. The molecule has 0 radical (unpaired) electrons. The molecule has 4 aromatic rings. The van der Waals surface area contributed by atoms with E-state index in [0.717, 1.165) is 26.6 Å². The third-order valence-electron chi connectivity index (χ3n) is 5.89. The first-order chi connectivity index (χ1) is 14.7. The number of benzene rings is 3. The van der Waals surface area contributed by atoms with Gasteiger partial charge in [-0.05, 0) is 28.5 Å². The summed E-state index contributed by atoms with van der Waals surface area (Å²) in [4.78, 5) is 30.6. The van der Waals surface area contributed by atoms with E-state index in [1.165, 1.54) is 16.3 Å². The van der Waals surface area contributed by atoms with Crippen LogP contribution in [-0.4, -0.2) is 22.8 Å². The average Bonchev–Trinajstić information content (AvgIpc) is 3.34. The SMILES string of the molecule is O=C1CC(c2cccc3ccccc23)NC2NN(c3nc4ccccc4s3)C(=O)C12. The summed E-state index contributed by atoms with van der Waals surface area (Å²) < 4.78 is 1.00. The van der Waals surface area contributed by atoms with Gasteiger partial charge in [0, 0.05) is 12.5 Å². The number of piperidine rings is 1. The van der Waals surface area contributed by atoms with Crippen LogP contribution in [0.5, 0.6) is 0 Å². The average molecular weight is 414 g/mol. The number of hydrogen-bond donors (Lipinski definition) is 2. The van der Waals surface area contributed by atoms with Crippen molar-refractivity contribution in [3.05, 3.63) is 72.3 Å². The Morgan fingerprint density at radius 2 is 1.77 bits per heavy atom. The molecule has 2 fully saturated rings. The maximum absolute atomic E-state index is 13.1. The molecule has 1 aromatic heterocycles. The van der Waals surface area contributed by atoms with E-state index < -0.39 is 12.1 Å². The predicted molar refractivity (Wildman–Crippen MR) is 117 cm³/mol. The molecule has 6 nitrogen and oxygen atoms in total. The number of rotatable bonds is 2. The number of amides is 1. The van der Waals surface area contributed by atoms with Crippen LogP contribution in [0.1, 0.15) is 18.0 Å². The van der Waals surface area contributed by atoms with Crippen LogP contribution in [-0.2, 0) is 9.59 Å². The zero-order chi connectivity index (χ0) is 20.2. The Morgan fingerprint density at radius 1 is 0.967 bits per heavy atom. The van der Waals surface area contributed by atoms with Crippen LogP contribution >= 0.6 is 11.3 Å². The first kappa shape index (κ1) is 17.7. The van der Waals surface area contributed by atoms with E-state index in [0.29, 0.717) is 5.13 Å². The molecular formula is C23H18N4O2S. The molecule has 2 aliphatic rings. The summed E-state index contributed by atoms with van der Waals surface area (Å²) in [5, 5.41) is 7.76. The Kier molecular flexibility index (Phi) is 3.95. The summed E-state index contributed by atoms with van der Waals surface area (Å²) >= 11 is 1.44. The van der Waals surface area contributed by atoms with E-state index in [1.807, 2.05) is 42.5 Å². The zero-order valence-electron chi connectivity index (χ0n) is 15.9.